The summed E-state index contributed by atoms with van der Waals surface area (Å²) in [7, 11) is 0. The van der Waals surface area contributed by atoms with Gasteiger partial charge >= 0.3 is 0 Å². The second-order valence-corrected chi connectivity index (χ2v) is 3.60. The van der Waals surface area contributed by atoms with E-state index in [1.54, 1.807) is 12.1 Å². The van der Waals surface area contributed by atoms with E-state index >= 15 is 0 Å². The largest absolute Gasteiger partial charge is 0.410 e. The van der Waals surface area contributed by atoms with Crippen LogP contribution in [-0.4, -0.2) is 16.2 Å². The van der Waals surface area contributed by atoms with E-state index in [1.165, 1.54) is 0 Å². The molecule has 0 heterocycles. The van der Waals surface area contributed by atoms with Crippen LogP contribution in [0.25, 0.3) is 10.8 Å². The Morgan fingerprint density at radius 1 is 1.12 bits per heavy atom. The molecular formula is C12H8ClNO2. The Morgan fingerprint density at radius 2 is 1.81 bits per heavy atom. The SMILES string of the molecule is O=C(/C(Cl)=N/O)c1cccc2ccccc12. The maximum atomic E-state index is 11.8. The highest BCUT2D eigenvalue weighted by Gasteiger charge is 2.14. The Labute approximate surface area is 97.0 Å². The van der Waals surface area contributed by atoms with E-state index in [2.05, 4.69) is 5.16 Å². The molecule has 0 unspecified atom stereocenters. The van der Waals surface area contributed by atoms with Crippen molar-refractivity contribution in [1.82, 2.24) is 0 Å². The third-order valence-corrected chi connectivity index (χ3v) is 2.56. The first kappa shape index (κ1) is 10.6. The summed E-state index contributed by atoms with van der Waals surface area (Å²) in [6.45, 7) is 0. The lowest BCUT2D eigenvalue weighted by Gasteiger charge is -2.03. The number of Topliss-reactive ketones (excluding diaryl/α,β-unsaturated/α-hetero) is 1. The highest BCUT2D eigenvalue weighted by Crippen LogP contribution is 2.19. The van der Waals surface area contributed by atoms with E-state index in [-0.39, 0.29) is 0 Å². The van der Waals surface area contributed by atoms with Crippen LogP contribution in [0.1, 0.15) is 10.4 Å². The zero-order chi connectivity index (χ0) is 11.5. The molecule has 0 spiro atoms. The maximum absolute atomic E-state index is 11.8. The van der Waals surface area contributed by atoms with E-state index in [0.717, 1.165) is 10.8 Å². The quantitative estimate of drug-likeness (QED) is 0.375. The van der Waals surface area contributed by atoms with Gasteiger partial charge in [-0.05, 0) is 10.8 Å². The van der Waals surface area contributed by atoms with Gasteiger partial charge < -0.3 is 5.21 Å². The summed E-state index contributed by atoms with van der Waals surface area (Å²) < 4.78 is 0. The van der Waals surface area contributed by atoms with Gasteiger partial charge in [-0.1, -0.05) is 59.2 Å². The van der Waals surface area contributed by atoms with Gasteiger partial charge in [0, 0.05) is 5.56 Å². The van der Waals surface area contributed by atoms with Gasteiger partial charge in [0.15, 0.2) is 0 Å². The van der Waals surface area contributed by atoms with Crippen molar-refractivity contribution in [2.75, 3.05) is 0 Å². The minimum absolute atomic E-state index is 0.431. The van der Waals surface area contributed by atoms with Crippen LogP contribution in [0.2, 0.25) is 0 Å². The maximum Gasteiger partial charge on any atom is 0.227 e. The van der Waals surface area contributed by atoms with Crippen molar-refractivity contribution in [3.05, 3.63) is 48.0 Å². The van der Waals surface area contributed by atoms with Crippen molar-refractivity contribution in [3.8, 4) is 0 Å². The van der Waals surface area contributed by atoms with Gasteiger partial charge in [0.2, 0.25) is 11.0 Å². The number of hydrogen-bond acceptors (Lipinski definition) is 3. The van der Waals surface area contributed by atoms with E-state index in [0.29, 0.717) is 5.56 Å². The average molecular weight is 234 g/mol. The van der Waals surface area contributed by atoms with Crippen molar-refractivity contribution < 1.29 is 10.0 Å². The third-order valence-electron chi connectivity index (χ3n) is 2.31. The molecular weight excluding hydrogens is 226 g/mol. The van der Waals surface area contributed by atoms with Crippen LogP contribution < -0.4 is 0 Å². The molecule has 0 saturated heterocycles. The lowest BCUT2D eigenvalue weighted by molar-refractivity contribution is 0.106. The molecule has 2 rings (SSSR count). The summed E-state index contributed by atoms with van der Waals surface area (Å²) in [6, 6.07) is 12.8. The Balaban J connectivity index is 2.65. The summed E-state index contributed by atoms with van der Waals surface area (Å²) in [6.07, 6.45) is 0. The molecule has 4 heteroatoms. The third kappa shape index (κ3) is 1.77. The zero-order valence-electron chi connectivity index (χ0n) is 8.22. The number of hydrogen-bond donors (Lipinski definition) is 1. The van der Waals surface area contributed by atoms with Gasteiger partial charge in [-0.25, -0.2) is 0 Å². The van der Waals surface area contributed by atoms with Gasteiger partial charge in [0.05, 0.1) is 0 Å². The van der Waals surface area contributed by atoms with Crippen LogP contribution in [0, 0.1) is 0 Å². The van der Waals surface area contributed by atoms with Crippen LogP contribution in [-0.2, 0) is 0 Å². The molecule has 0 bridgehead atoms. The highest BCUT2D eigenvalue weighted by molar-refractivity contribution is 6.85. The first-order chi connectivity index (χ1) is 7.74. The smallest absolute Gasteiger partial charge is 0.227 e. The predicted molar refractivity (Wildman–Crippen MR) is 63.4 cm³/mol. The lowest BCUT2D eigenvalue weighted by atomic mass is 10.0. The second-order valence-electron chi connectivity index (χ2n) is 3.25. The summed E-state index contributed by atoms with van der Waals surface area (Å²) in [5, 5.41) is 12.5. The number of ketones is 1. The first-order valence-electron chi connectivity index (χ1n) is 4.64. The Bertz CT molecular complexity index is 573. The number of nitrogens with zero attached hydrogens (tertiary/aromatic N) is 1. The monoisotopic (exact) mass is 233 g/mol. The zero-order valence-corrected chi connectivity index (χ0v) is 8.98. The molecule has 2 aromatic carbocycles. The standard InChI is InChI=1S/C12H8ClNO2/c13-12(14-16)11(15)10-7-3-5-8-4-1-2-6-9(8)10/h1-7,16H/b14-12-. The average Bonchev–Trinajstić information content (AvgIpc) is 2.36. The number of fused-ring (bicyclic) bond motifs is 1. The Morgan fingerprint density at radius 3 is 2.56 bits per heavy atom. The number of carbonyl (C=O) groups is 1. The van der Waals surface area contributed by atoms with Gasteiger partial charge in [-0.3, -0.25) is 4.79 Å². The van der Waals surface area contributed by atoms with Crippen LogP contribution >= 0.6 is 11.6 Å². The van der Waals surface area contributed by atoms with Crippen molar-refractivity contribution in [2.45, 2.75) is 0 Å². The molecule has 0 aliphatic rings. The van der Waals surface area contributed by atoms with Crippen molar-refractivity contribution in [1.29, 1.82) is 0 Å². The van der Waals surface area contributed by atoms with Crippen molar-refractivity contribution >= 4 is 33.3 Å². The number of oxime groups is 1. The molecule has 0 aliphatic carbocycles. The van der Waals surface area contributed by atoms with E-state index < -0.39 is 11.0 Å². The van der Waals surface area contributed by atoms with Gasteiger partial charge in [0.25, 0.3) is 0 Å². The predicted octanol–water partition coefficient (Wildman–Crippen LogP) is 3.05. The molecule has 0 fully saturated rings. The summed E-state index contributed by atoms with van der Waals surface area (Å²) in [5.74, 6) is -0.485. The molecule has 0 amide bonds. The lowest BCUT2D eigenvalue weighted by Crippen LogP contribution is -2.08. The number of benzene rings is 2. The molecule has 0 saturated carbocycles. The van der Waals surface area contributed by atoms with Crippen molar-refractivity contribution in [3.63, 3.8) is 0 Å². The van der Waals surface area contributed by atoms with E-state index in [9.17, 15) is 4.79 Å². The molecule has 2 aromatic rings. The molecule has 0 radical (unpaired) electrons. The molecule has 3 nitrogen and oxygen atoms in total. The molecule has 80 valence electrons. The second kappa shape index (κ2) is 4.33. The Kier molecular flexibility index (Phi) is 2.88. The minimum atomic E-state index is -0.485. The summed E-state index contributed by atoms with van der Waals surface area (Å²) in [5.41, 5.74) is 0.431. The molecule has 1 N–H and O–H groups in total. The highest BCUT2D eigenvalue weighted by atomic mass is 35.5. The molecule has 0 aromatic heterocycles. The van der Waals surface area contributed by atoms with Gasteiger partial charge in [-0.2, -0.15) is 0 Å². The molecule has 0 atom stereocenters. The first-order valence-corrected chi connectivity index (χ1v) is 5.02. The minimum Gasteiger partial charge on any atom is -0.410 e. The fraction of sp³-hybridized carbons (Fsp3) is 0. The van der Waals surface area contributed by atoms with Crippen LogP contribution in [0.4, 0.5) is 0 Å². The fourth-order valence-electron chi connectivity index (χ4n) is 1.58. The molecule has 0 aliphatic heterocycles. The van der Waals surface area contributed by atoms with Gasteiger partial charge in [-0.15, -0.1) is 0 Å². The van der Waals surface area contributed by atoms with Crippen molar-refractivity contribution in [2.24, 2.45) is 5.16 Å². The molecule has 16 heavy (non-hydrogen) atoms. The Hall–Kier alpha value is -1.87. The number of halogens is 1. The van der Waals surface area contributed by atoms with Crippen LogP contribution in [0.15, 0.2) is 47.6 Å². The van der Waals surface area contributed by atoms with Crippen LogP contribution in [0.5, 0.6) is 0 Å². The summed E-state index contributed by atoms with van der Waals surface area (Å²) >= 11 is 5.50. The van der Waals surface area contributed by atoms with Gasteiger partial charge in [0.1, 0.15) is 0 Å². The van der Waals surface area contributed by atoms with E-state index in [1.807, 2.05) is 30.3 Å². The topological polar surface area (TPSA) is 49.7 Å². The van der Waals surface area contributed by atoms with E-state index in [4.69, 9.17) is 16.8 Å². The normalized spacial score (nSPS) is 11.7. The number of carbonyl (C=O) groups excluding carboxylic acids is 1. The summed E-state index contributed by atoms with van der Waals surface area (Å²) in [4.78, 5) is 11.8. The number of rotatable bonds is 2. The van der Waals surface area contributed by atoms with Crippen LogP contribution in [0.3, 0.4) is 0 Å². The fourth-order valence-corrected chi connectivity index (χ4v) is 1.68.